The van der Waals surface area contributed by atoms with E-state index in [1.807, 2.05) is 37.8 Å². The van der Waals surface area contributed by atoms with Gasteiger partial charge in [0.25, 0.3) is 0 Å². The first kappa shape index (κ1) is 18.8. The lowest BCUT2D eigenvalue weighted by atomic mass is 10.1. The third-order valence-electron chi connectivity index (χ3n) is 4.32. The van der Waals surface area contributed by atoms with Crippen LogP contribution in [0.5, 0.6) is 0 Å². The first-order chi connectivity index (χ1) is 13.1. The van der Waals surface area contributed by atoms with Gasteiger partial charge in [0.1, 0.15) is 11.7 Å². The molecule has 1 aromatic carbocycles. The highest BCUT2D eigenvalue weighted by Gasteiger charge is 2.14. The molecule has 2 aliphatic heterocycles. The fourth-order valence-electron chi connectivity index (χ4n) is 2.83. The molecule has 0 saturated heterocycles. The molecule has 1 atom stereocenters. The highest BCUT2D eigenvalue weighted by atomic mass is 19.1. The molecule has 0 saturated carbocycles. The van der Waals surface area contributed by atoms with Crippen LogP contribution in [0.25, 0.3) is 0 Å². The van der Waals surface area contributed by atoms with Crippen LogP contribution < -0.4 is 16.0 Å². The Morgan fingerprint density at radius 1 is 1.41 bits per heavy atom. The Morgan fingerprint density at radius 3 is 3.07 bits per heavy atom. The van der Waals surface area contributed by atoms with E-state index in [-0.39, 0.29) is 12.1 Å². The summed E-state index contributed by atoms with van der Waals surface area (Å²) in [5, 5.41) is 9.64. The second kappa shape index (κ2) is 9.09. The van der Waals surface area contributed by atoms with Gasteiger partial charge in [-0.05, 0) is 53.8 Å². The Morgan fingerprint density at radius 2 is 2.30 bits per heavy atom. The summed E-state index contributed by atoms with van der Waals surface area (Å²) in [7, 11) is 0. The summed E-state index contributed by atoms with van der Waals surface area (Å²) >= 11 is 0. The molecule has 3 N–H and O–H groups in total. The van der Waals surface area contributed by atoms with Gasteiger partial charge in [-0.25, -0.2) is 9.38 Å². The van der Waals surface area contributed by atoms with Gasteiger partial charge in [0, 0.05) is 37.8 Å². The van der Waals surface area contributed by atoms with Crippen molar-refractivity contribution in [2.45, 2.75) is 32.6 Å². The fraction of sp³-hybridized carbons (Fsp3) is 0.238. The van der Waals surface area contributed by atoms with E-state index < -0.39 is 0 Å². The van der Waals surface area contributed by atoms with E-state index in [2.05, 4.69) is 32.5 Å². The zero-order valence-corrected chi connectivity index (χ0v) is 15.4. The van der Waals surface area contributed by atoms with Gasteiger partial charge in [-0.2, -0.15) is 0 Å². The molecular formula is C21H24FN5. The molecule has 6 heteroatoms. The van der Waals surface area contributed by atoms with Crippen molar-refractivity contribution in [3.05, 3.63) is 83.6 Å². The number of amidine groups is 1. The van der Waals surface area contributed by atoms with E-state index in [1.165, 1.54) is 11.6 Å². The highest BCUT2D eigenvalue weighted by molar-refractivity contribution is 5.89. The van der Waals surface area contributed by atoms with E-state index >= 15 is 0 Å². The third kappa shape index (κ3) is 5.49. The number of nitrogens with one attached hydrogen (secondary N) is 3. The first-order valence-corrected chi connectivity index (χ1v) is 8.89. The van der Waals surface area contributed by atoms with Crippen LogP contribution in [0.3, 0.4) is 0 Å². The average molecular weight is 365 g/mol. The SMILES string of the molecule is C=C/C=C\NC1=NC=C(CC2=CNC(NCc3cc(F)ccc3C)N=C2)C1. The van der Waals surface area contributed by atoms with Crippen LogP contribution in [0.4, 0.5) is 4.39 Å². The maximum atomic E-state index is 13.4. The predicted molar refractivity (Wildman–Crippen MR) is 109 cm³/mol. The number of aliphatic imine (C=N–C) groups is 2. The van der Waals surface area contributed by atoms with Gasteiger partial charge in [-0.3, -0.25) is 10.3 Å². The molecule has 0 radical (unpaired) electrons. The van der Waals surface area contributed by atoms with E-state index in [9.17, 15) is 4.39 Å². The second-order valence-electron chi connectivity index (χ2n) is 6.47. The quantitative estimate of drug-likeness (QED) is 0.649. The van der Waals surface area contributed by atoms with Gasteiger partial charge in [0.05, 0.1) is 0 Å². The maximum absolute atomic E-state index is 13.4. The lowest BCUT2D eigenvalue weighted by molar-refractivity contribution is 0.481. The molecule has 1 unspecified atom stereocenters. The lowest BCUT2D eigenvalue weighted by Gasteiger charge is -2.20. The van der Waals surface area contributed by atoms with E-state index in [0.29, 0.717) is 6.54 Å². The Balaban J connectivity index is 1.43. The van der Waals surface area contributed by atoms with Gasteiger partial charge in [-0.15, -0.1) is 0 Å². The van der Waals surface area contributed by atoms with Crippen molar-refractivity contribution in [1.82, 2.24) is 16.0 Å². The zero-order valence-electron chi connectivity index (χ0n) is 15.4. The summed E-state index contributed by atoms with van der Waals surface area (Å²) in [4.78, 5) is 8.86. The Bertz CT molecular complexity index is 848. The molecule has 3 rings (SSSR count). The standard InChI is InChI=1S/C21H24FN5/c1-3-4-7-23-20-9-16(11-24-20)8-17-12-25-21(26-13-17)27-14-18-10-19(22)6-5-15(18)2/h3-7,10-13,21,25,27H,1,8-9,14H2,2H3,(H,23,24)/b7-4-. The molecule has 1 aromatic rings. The average Bonchev–Trinajstić information content (AvgIpc) is 3.11. The van der Waals surface area contributed by atoms with Crippen molar-refractivity contribution in [3.8, 4) is 0 Å². The van der Waals surface area contributed by atoms with Gasteiger partial charge in [0.15, 0.2) is 6.29 Å². The molecule has 0 amide bonds. The minimum atomic E-state index is -0.222. The summed E-state index contributed by atoms with van der Waals surface area (Å²) in [5.41, 5.74) is 4.31. The Kier molecular flexibility index (Phi) is 6.33. The molecule has 2 heterocycles. The number of halogens is 1. The van der Waals surface area contributed by atoms with Crippen LogP contribution >= 0.6 is 0 Å². The van der Waals surface area contributed by atoms with Gasteiger partial charge in [-0.1, -0.05) is 18.7 Å². The number of benzene rings is 1. The van der Waals surface area contributed by atoms with Gasteiger partial charge in [0.2, 0.25) is 0 Å². The Hall–Kier alpha value is -2.99. The monoisotopic (exact) mass is 365 g/mol. The van der Waals surface area contributed by atoms with Gasteiger partial charge >= 0.3 is 0 Å². The molecule has 0 bridgehead atoms. The fourth-order valence-corrected chi connectivity index (χ4v) is 2.83. The topological polar surface area (TPSA) is 60.8 Å². The molecule has 0 fully saturated rings. The minimum Gasteiger partial charge on any atom is -0.357 e. The largest absolute Gasteiger partial charge is 0.357 e. The van der Waals surface area contributed by atoms with Crippen LogP contribution in [0, 0.1) is 12.7 Å². The summed E-state index contributed by atoms with van der Waals surface area (Å²) in [6, 6.07) is 4.82. The molecular weight excluding hydrogens is 341 g/mol. The summed E-state index contributed by atoms with van der Waals surface area (Å²) < 4.78 is 13.4. The summed E-state index contributed by atoms with van der Waals surface area (Å²) in [6.07, 6.45) is 12.5. The van der Waals surface area contributed by atoms with E-state index in [0.717, 1.165) is 35.4 Å². The number of hydrogen-bond acceptors (Lipinski definition) is 5. The third-order valence-corrected chi connectivity index (χ3v) is 4.32. The van der Waals surface area contributed by atoms with Crippen LogP contribution in [0.1, 0.15) is 24.0 Å². The van der Waals surface area contributed by atoms with Crippen LogP contribution in [0.2, 0.25) is 0 Å². The zero-order chi connectivity index (χ0) is 19.1. The van der Waals surface area contributed by atoms with Gasteiger partial charge < -0.3 is 10.6 Å². The van der Waals surface area contributed by atoms with Crippen molar-refractivity contribution in [2.75, 3.05) is 0 Å². The lowest BCUT2D eigenvalue weighted by Crippen LogP contribution is -2.39. The predicted octanol–water partition coefficient (Wildman–Crippen LogP) is 3.43. The Labute approximate surface area is 159 Å². The number of allylic oxidation sites excluding steroid dienone is 3. The minimum absolute atomic E-state index is 0.216. The molecule has 140 valence electrons. The summed E-state index contributed by atoms with van der Waals surface area (Å²) in [5.74, 6) is 0.704. The van der Waals surface area contributed by atoms with Crippen LogP contribution in [-0.4, -0.2) is 18.3 Å². The second-order valence-corrected chi connectivity index (χ2v) is 6.47. The first-order valence-electron chi connectivity index (χ1n) is 8.89. The number of hydrogen-bond donors (Lipinski definition) is 3. The van der Waals surface area contributed by atoms with Crippen molar-refractivity contribution in [2.24, 2.45) is 9.98 Å². The van der Waals surface area contributed by atoms with Crippen molar-refractivity contribution < 1.29 is 4.39 Å². The number of aryl methyl sites for hydroxylation is 1. The highest BCUT2D eigenvalue weighted by Crippen LogP contribution is 2.19. The molecule has 0 aliphatic carbocycles. The molecule has 5 nitrogen and oxygen atoms in total. The summed E-state index contributed by atoms with van der Waals surface area (Å²) in [6.45, 7) is 6.15. The molecule has 2 aliphatic rings. The molecule has 0 aromatic heterocycles. The van der Waals surface area contributed by atoms with E-state index in [4.69, 9.17) is 0 Å². The number of rotatable bonds is 7. The normalized spacial score (nSPS) is 18.7. The van der Waals surface area contributed by atoms with Crippen molar-refractivity contribution in [1.29, 1.82) is 0 Å². The van der Waals surface area contributed by atoms with Crippen molar-refractivity contribution in [3.63, 3.8) is 0 Å². The maximum Gasteiger partial charge on any atom is 0.173 e. The smallest absolute Gasteiger partial charge is 0.173 e. The van der Waals surface area contributed by atoms with E-state index in [1.54, 1.807) is 18.2 Å². The molecule has 0 spiro atoms. The number of nitrogens with zero attached hydrogens (tertiary/aromatic N) is 2. The molecule has 27 heavy (non-hydrogen) atoms. The van der Waals surface area contributed by atoms with Crippen LogP contribution in [-0.2, 0) is 6.54 Å². The van der Waals surface area contributed by atoms with Crippen LogP contribution in [0.15, 0.2) is 76.7 Å². The van der Waals surface area contributed by atoms with Crippen molar-refractivity contribution >= 4 is 12.1 Å².